The van der Waals surface area contributed by atoms with Crippen LogP contribution in [0.1, 0.15) is 15.9 Å². The van der Waals surface area contributed by atoms with Crippen LogP contribution in [0.3, 0.4) is 0 Å². The molecule has 1 aromatic carbocycles. The van der Waals surface area contributed by atoms with Gasteiger partial charge in [-0.2, -0.15) is 11.8 Å². The Morgan fingerprint density at radius 3 is 2.95 bits per heavy atom. The van der Waals surface area contributed by atoms with Crippen LogP contribution in [-0.4, -0.2) is 54.4 Å². The molecule has 0 aromatic heterocycles. The minimum absolute atomic E-state index is 0.00877. The number of benzene rings is 1. The van der Waals surface area contributed by atoms with Gasteiger partial charge < -0.3 is 10.6 Å². The molecule has 5 nitrogen and oxygen atoms in total. The van der Waals surface area contributed by atoms with Crippen molar-refractivity contribution >= 4 is 29.3 Å². The van der Waals surface area contributed by atoms with Gasteiger partial charge >= 0.3 is 0 Å². The average Bonchev–Trinajstić information content (AvgIpc) is 2.87. The van der Waals surface area contributed by atoms with Gasteiger partial charge in [-0.15, -0.1) is 0 Å². The highest BCUT2D eigenvalue weighted by molar-refractivity contribution is 7.99. The highest BCUT2D eigenvalue weighted by Crippen LogP contribution is 2.23. The van der Waals surface area contributed by atoms with E-state index in [9.17, 15) is 9.59 Å². The average molecular weight is 305 g/mol. The molecule has 1 fully saturated rings. The van der Waals surface area contributed by atoms with Gasteiger partial charge in [-0.25, -0.2) is 0 Å². The quantitative estimate of drug-likeness (QED) is 0.870. The Hall–Kier alpha value is -1.53. The third-order valence-electron chi connectivity index (χ3n) is 3.81. The third kappa shape index (κ3) is 3.57. The standard InChI is InChI=1S/C15H19N3O2S/c19-14-10-11-1-2-12(9-13(11)17-14)15(20)16-3-4-18-5-7-21-8-6-18/h1-2,9H,3-8,10H2,(H,16,20)(H,17,19). The van der Waals surface area contributed by atoms with Crippen LogP contribution in [0.15, 0.2) is 18.2 Å². The second kappa shape index (κ2) is 6.49. The first-order chi connectivity index (χ1) is 10.2. The first kappa shape index (κ1) is 14.4. The lowest BCUT2D eigenvalue weighted by Gasteiger charge is -2.26. The lowest BCUT2D eigenvalue weighted by Crippen LogP contribution is -2.39. The van der Waals surface area contributed by atoms with Crippen molar-refractivity contribution in [2.45, 2.75) is 6.42 Å². The minimum Gasteiger partial charge on any atom is -0.351 e. The van der Waals surface area contributed by atoms with E-state index >= 15 is 0 Å². The van der Waals surface area contributed by atoms with E-state index in [2.05, 4.69) is 15.5 Å². The molecule has 0 saturated carbocycles. The summed E-state index contributed by atoms with van der Waals surface area (Å²) in [7, 11) is 0. The maximum Gasteiger partial charge on any atom is 0.251 e. The van der Waals surface area contributed by atoms with Gasteiger partial charge in [0, 0.05) is 48.9 Å². The number of anilines is 1. The molecule has 2 amide bonds. The molecule has 3 rings (SSSR count). The summed E-state index contributed by atoms with van der Waals surface area (Å²) in [6.45, 7) is 3.76. The highest BCUT2D eigenvalue weighted by Gasteiger charge is 2.19. The molecular weight excluding hydrogens is 286 g/mol. The maximum atomic E-state index is 12.1. The molecule has 21 heavy (non-hydrogen) atoms. The van der Waals surface area contributed by atoms with E-state index in [1.807, 2.05) is 17.8 Å². The molecule has 1 aromatic rings. The highest BCUT2D eigenvalue weighted by atomic mass is 32.2. The lowest BCUT2D eigenvalue weighted by atomic mass is 10.1. The van der Waals surface area contributed by atoms with E-state index in [4.69, 9.17) is 0 Å². The molecule has 2 aliphatic rings. The van der Waals surface area contributed by atoms with Crippen LogP contribution >= 0.6 is 11.8 Å². The van der Waals surface area contributed by atoms with Crippen molar-refractivity contribution in [2.24, 2.45) is 0 Å². The summed E-state index contributed by atoms with van der Waals surface area (Å²) in [5, 5.41) is 5.72. The van der Waals surface area contributed by atoms with E-state index in [-0.39, 0.29) is 11.8 Å². The van der Waals surface area contributed by atoms with Crippen LogP contribution in [0, 0.1) is 0 Å². The molecule has 0 spiro atoms. The van der Waals surface area contributed by atoms with E-state index in [1.54, 1.807) is 12.1 Å². The van der Waals surface area contributed by atoms with E-state index < -0.39 is 0 Å². The Bertz CT molecular complexity index is 556. The van der Waals surface area contributed by atoms with Crippen LogP contribution < -0.4 is 10.6 Å². The van der Waals surface area contributed by atoms with Crippen molar-refractivity contribution < 1.29 is 9.59 Å². The van der Waals surface area contributed by atoms with Crippen LogP contribution in [-0.2, 0) is 11.2 Å². The van der Waals surface area contributed by atoms with Crippen molar-refractivity contribution in [2.75, 3.05) is 43.0 Å². The second-order valence-corrected chi connectivity index (χ2v) is 6.53. The predicted molar refractivity (Wildman–Crippen MR) is 84.9 cm³/mol. The van der Waals surface area contributed by atoms with Gasteiger partial charge in [0.2, 0.25) is 5.91 Å². The zero-order chi connectivity index (χ0) is 14.7. The minimum atomic E-state index is -0.0784. The smallest absolute Gasteiger partial charge is 0.251 e. The first-order valence-corrected chi connectivity index (χ1v) is 8.39. The van der Waals surface area contributed by atoms with E-state index in [0.717, 1.165) is 30.9 Å². The molecule has 1 saturated heterocycles. The topological polar surface area (TPSA) is 61.4 Å². The summed E-state index contributed by atoms with van der Waals surface area (Å²) >= 11 is 1.98. The fraction of sp³-hybridized carbons (Fsp3) is 0.467. The summed E-state index contributed by atoms with van der Waals surface area (Å²) < 4.78 is 0. The largest absolute Gasteiger partial charge is 0.351 e. The summed E-state index contributed by atoms with van der Waals surface area (Å²) in [5.74, 6) is 2.27. The number of hydrogen-bond donors (Lipinski definition) is 2. The van der Waals surface area contributed by atoms with Gasteiger partial charge in [0.1, 0.15) is 0 Å². The Morgan fingerprint density at radius 1 is 1.33 bits per heavy atom. The molecule has 0 unspecified atom stereocenters. The van der Waals surface area contributed by atoms with Gasteiger partial charge in [-0.05, 0) is 17.7 Å². The monoisotopic (exact) mass is 305 g/mol. The normalized spacial score (nSPS) is 18.2. The van der Waals surface area contributed by atoms with Gasteiger partial charge in [0.05, 0.1) is 6.42 Å². The summed E-state index contributed by atoms with van der Waals surface area (Å²) in [6.07, 6.45) is 0.407. The lowest BCUT2D eigenvalue weighted by molar-refractivity contribution is -0.115. The number of carbonyl (C=O) groups is 2. The Labute approximate surface area is 128 Å². The molecule has 2 N–H and O–H groups in total. The van der Waals surface area contributed by atoms with Crippen LogP contribution in [0.4, 0.5) is 5.69 Å². The first-order valence-electron chi connectivity index (χ1n) is 7.23. The number of carbonyl (C=O) groups excluding carboxylic acids is 2. The Kier molecular flexibility index (Phi) is 4.45. The van der Waals surface area contributed by atoms with Crippen molar-refractivity contribution in [1.29, 1.82) is 0 Å². The Morgan fingerprint density at radius 2 is 2.14 bits per heavy atom. The van der Waals surface area contributed by atoms with Crippen molar-refractivity contribution in [3.05, 3.63) is 29.3 Å². The van der Waals surface area contributed by atoms with Crippen molar-refractivity contribution in [1.82, 2.24) is 10.2 Å². The summed E-state index contributed by atoms with van der Waals surface area (Å²) in [4.78, 5) is 25.8. The summed E-state index contributed by atoms with van der Waals surface area (Å²) in [6, 6.07) is 5.39. The predicted octanol–water partition coefficient (Wildman–Crippen LogP) is 0.960. The molecule has 0 aliphatic carbocycles. The van der Waals surface area contributed by atoms with E-state index in [1.165, 1.54) is 11.5 Å². The maximum absolute atomic E-state index is 12.1. The van der Waals surface area contributed by atoms with Gasteiger partial charge in [-0.1, -0.05) is 6.07 Å². The van der Waals surface area contributed by atoms with Crippen molar-refractivity contribution in [3.8, 4) is 0 Å². The third-order valence-corrected chi connectivity index (χ3v) is 4.76. The molecule has 0 bridgehead atoms. The molecular formula is C15H19N3O2S. The van der Waals surface area contributed by atoms with Crippen molar-refractivity contribution in [3.63, 3.8) is 0 Å². The zero-order valence-corrected chi connectivity index (χ0v) is 12.7. The number of fused-ring (bicyclic) bond motifs is 1. The number of hydrogen-bond acceptors (Lipinski definition) is 4. The van der Waals surface area contributed by atoms with Crippen LogP contribution in [0.2, 0.25) is 0 Å². The fourth-order valence-electron chi connectivity index (χ4n) is 2.61. The number of thioether (sulfide) groups is 1. The molecule has 0 radical (unpaired) electrons. The fourth-order valence-corrected chi connectivity index (χ4v) is 3.59. The van der Waals surface area contributed by atoms with E-state index in [0.29, 0.717) is 18.5 Å². The molecule has 2 aliphatic heterocycles. The molecule has 2 heterocycles. The SMILES string of the molecule is O=C1Cc2ccc(C(=O)NCCN3CCSCC3)cc2N1. The van der Waals surface area contributed by atoms with Gasteiger partial charge in [0.25, 0.3) is 5.91 Å². The van der Waals surface area contributed by atoms with Gasteiger partial charge in [-0.3, -0.25) is 14.5 Å². The number of amides is 2. The molecule has 6 heteroatoms. The second-order valence-electron chi connectivity index (χ2n) is 5.31. The number of nitrogens with one attached hydrogen (secondary N) is 2. The molecule has 0 atom stereocenters. The zero-order valence-electron chi connectivity index (χ0n) is 11.9. The molecule has 112 valence electrons. The van der Waals surface area contributed by atoms with Gasteiger partial charge in [0.15, 0.2) is 0 Å². The number of rotatable bonds is 4. The van der Waals surface area contributed by atoms with Crippen LogP contribution in [0.25, 0.3) is 0 Å². The van der Waals surface area contributed by atoms with Crippen LogP contribution in [0.5, 0.6) is 0 Å². The number of nitrogens with zero attached hydrogens (tertiary/aromatic N) is 1. The summed E-state index contributed by atoms with van der Waals surface area (Å²) in [5.41, 5.74) is 2.33. The Balaban J connectivity index is 1.51.